The van der Waals surface area contributed by atoms with E-state index in [4.69, 9.17) is 10.7 Å². The molecule has 3 nitrogen and oxygen atoms in total. The molecule has 1 aromatic rings. The minimum absolute atomic E-state index is 0.514. The summed E-state index contributed by atoms with van der Waals surface area (Å²) in [6, 6.07) is 4.36. The molecule has 1 aliphatic rings. The van der Waals surface area contributed by atoms with Crippen LogP contribution in [0.1, 0.15) is 24.6 Å². The Balaban J connectivity index is 2.09. The Morgan fingerprint density at radius 1 is 1.44 bits per heavy atom. The molecule has 0 saturated carbocycles. The van der Waals surface area contributed by atoms with Crippen LogP contribution in [-0.2, 0) is 12.8 Å². The molecule has 0 bridgehead atoms. The van der Waals surface area contributed by atoms with E-state index in [0.29, 0.717) is 5.92 Å². The third kappa shape index (κ3) is 2.35. The van der Waals surface area contributed by atoms with E-state index >= 15 is 0 Å². The zero-order valence-electron chi connectivity index (χ0n) is 10.2. The van der Waals surface area contributed by atoms with Crippen molar-refractivity contribution >= 4 is 5.82 Å². The molecule has 1 atom stereocenters. The number of fused-ring (bicyclic) bond motifs is 1. The fourth-order valence-corrected chi connectivity index (χ4v) is 2.26. The van der Waals surface area contributed by atoms with Gasteiger partial charge >= 0.3 is 0 Å². The van der Waals surface area contributed by atoms with Gasteiger partial charge in [-0.05, 0) is 43.4 Å². The van der Waals surface area contributed by atoms with Gasteiger partial charge in [-0.3, -0.25) is 0 Å². The van der Waals surface area contributed by atoms with Crippen molar-refractivity contribution in [2.45, 2.75) is 26.2 Å². The summed E-state index contributed by atoms with van der Waals surface area (Å²) in [4.78, 5) is 6.93. The first-order chi connectivity index (χ1) is 7.70. The van der Waals surface area contributed by atoms with Gasteiger partial charge in [-0.15, -0.1) is 0 Å². The number of anilines is 1. The predicted octanol–water partition coefficient (Wildman–Crippen LogP) is 1.60. The Labute approximate surface area is 97.7 Å². The number of nitrogens with zero attached hydrogens (tertiary/aromatic N) is 2. The Hall–Kier alpha value is -1.09. The van der Waals surface area contributed by atoms with Gasteiger partial charge in [0.15, 0.2) is 0 Å². The molecule has 1 aliphatic carbocycles. The minimum atomic E-state index is 0.514. The van der Waals surface area contributed by atoms with Crippen molar-refractivity contribution in [3.8, 4) is 0 Å². The average molecular weight is 219 g/mol. The van der Waals surface area contributed by atoms with Crippen molar-refractivity contribution in [2.24, 2.45) is 11.7 Å². The summed E-state index contributed by atoms with van der Waals surface area (Å²) in [6.45, 7) is 3.88. The van der Waals surface area contributed by atoms with Crippen LogP contribution in [-0.4, -0.2) is 25.1 Å². The maximum Gasteiger partial charge on any atom is 0.128 e. The molecule has 1 aromatic heterocycles. The van der Waals surface area contributed by atoms with Crippen LogP contribution >= 0.6 is 0 Å². The highest BCUT2D eigenvalue weighted by atomic mass is 15.2. The third-order valence-electron chi connectivity index (χ3n) is 3.29. The van der Waals surface area contributed by atoms with Gasteiger partial charge in [-0.1, -0.05) is 13.0 Å². The lowest BCUT2D eigenvalue weighted by atomic mass is 10.1. The Kier molecular flexibility index (Phi) is 3.44. The van der Waals surface area contributed by atoms with E-state index in [-0.39, 0.29) is 0 Å². The summed E-state index contributed by atoms with van der Waals surface area (Å²) >= 11 is 0. The lowest BCUT2D eigenvalue weighted by Crippen LogP contribution is -2.28. The molecule has 0 aliphatic heterocycles. The van der Waals surface area contributed by atoms with Crippen LogP contribution in [0.5, 0.6) is 0 Å². The summed E-state index contributed by atoms with van der Waals surface area (Å²) in [5.41, 5.74) is 8.37. The smallest absolute Gasteiger partial charge is 0.128 e. The summed E-state index contributed by atoms with van der Waals surface area (Å²) in [5.74, 6) is 1.60. The van der Waals surface area contributed by atoms with E-state index in [1.54, 1.807) is 0 Å². The largest absolute Gasteiger partial charge is 0.359 e. The zero-order chi connectivity index (χ0) is 11.5. The predicted molar refractivity (Wildman–Crippen MR) is 67.8 cm³/mol. The molecular weight excluding hydrogens is 198 g/mol. The number of hydrogen-bond donors (Lipinski definition) is 1. The molecule has 1 unspecified atom stereocenters. The molecule has 0 spiro atoms. The summed E-state index contributed by atoms with van der Waals surface area (Å²) in [6.07, 6.45) is 3.60. The van der Waals surface area contributed by atoms with Crippen molar-refractivity contribution < 1.29 is 0 Å². The van der Waals surface area contributed by atoms with E-state index in [1.165, 1.54) is 24.1 Å². The van der Waals surface area contributed by atoms with E-state index in [0.717, 1.165) is 25.3 Å². The van der Waals surface area contributed by atoms with Gasteiger partial charge < -0.3 is 10.6 Å². The fraction of sp³-hybridized carbons (Fsp3) is 0.615. The van der Waals surface area contributed by atoms with Crippen LogP contribution in [0.3, 0.4) is 0 Å². The Morgan fingerprint density at radius 3 is 3.00 bits per heavy atom. The second-order valence-corrected chi connectivity index (χ2v) is 4.85. The number of aromatic nitrogens is 1. The van der Waals surface area contributed by atoms with Gasteiger partial charge in [-0.25, -0.2) is 4.98 Å². The molecule has 0 amide bonds. The van der Waals surface area contributed by atoms with Crippen molar-refractivity contribution in [2.75, 3.05) is 25.0 Å². The second-order valence-electron chi connectivity index (χ2n) is 4.85. The first-order valence-electron chi connectivity index (χ1n) is 6.10. The standard InChI is InChI=1S/C13H21N3/c1-10(8-14)9-16(2)13-7-6-11-4-3-5-12(11)15-13/h6-7,10H,3-5,8-9,14H2,1-2H3. The zero-order valence-corrected chi connectivity index (χ0v) is 10.2. The van der Waals surface area contributed by atoms with Crippen molar-refractivity contribution in [3.05, 3.63) is 23.4 Å². The minimum Gasteiger partial charge on any atom is -0.359 e. The van der Waals surface area contributed by atoms with Crippen LogP contribution in [0.25, 0.3) is 0 Å². The normalized spacial score (nSPS) is 15.9. The van der Waals surface area contributed by atoms with Crippen LogP contribution in [0, 0.1) is 5.92 Å². The van der Waals surface area contributed by atoms with Gasteiger partial charge in [0.05, 0.1) is 0 Å². The molecule has 0 fully saturated rings. The number of rotatable bonds is 4. The van der Waals surface area contributed by atoms with Crippen LogP contribution < -0.4 is 10.6 Å². The van der Waals surface area contributed by atoms with Gasteiger partial charge in [0, 0.05) is 19.3 Å². The van der Waals surface area contributed by atoms with E-state index < -0.39 is 0 Å². The topological polar surface area (TPSA) is 42.1 Å². The molecule has 2 N–H and O–H groups in total. The molecule has 0 radical (unpaired) electrons. The molecular formula is C13H21N3. The number of nitrogens with two attached hydrogens (primary N) is 1. The molecule has 3 heteroatoms. The second kappa shape index (κ2) is 4.83. The number of pyridine rings is 1. The molecule has 88 valence electrons. The van der Waals surface area contributed by atoms with E-state index in [9.17, 15) is 0 Å². The monoisotopic (exact) mass is 219 g/mol. The molecule has 2 rings (SSSR count). The van der Waals surface area contributed by atoms with Gasteiger partial charge in [0.25, 0.3) is 0 Å². The fourth-order valence-electron chi connectivity index (χ4n) is 2.26. The summed E-state index contributed by atoms with van der Waals surface area (Å²) < 4.78 is 0. The first kappa shape index (κ1) is 11.4. The van der Waals surface area contributed by atoms with Crippen molar-refractivity contribution in [1.29, 1.82) is 0 Å². The van der Waals surface area contributed by atoms with Crippen molar-refractivity contribution in [1.82, 2.24) is 4.98 Å². The molecule has 1 heterocycles. The SMILES string of the molecule is CC(CN)CN(C)c1ccc2c(n1)CCC2. The maximum absolute atomic E-state index is 5.64. The van der Waals surface area contributed by atoms with Crippen LogP contribution in [0.4, 0.5) is 5.82 Å². The third-order valence-corrected chi connectivity index (χ3v) is 3.29. The van der Waals surface area contributed by atoms with Gasteiger partial charge in [-0.2, -0.15) is 0 Å². The quantitative estimate of drug-likeness (QED) is 0.836. The van der Waals surface area contributed by atoms with Crippen LogP contribution in [0.2, 0.25) is 0 Å². The Bertz CT molecular complexity index is 362. The molecule has 0 saturated heterocycles. The van der Waals surface area contributed by atoms with Gasteiger partial charge in [0.2, 0.25) is 0 Å². The first-order valence-corrected chi connectivity index (χ1v) is 6.10. The lowest BCUT2D eigenvalue weighted by Gasteiger charge is -2.22. The van der Waals surface area contributed by atoms with Crippen molar-refractivity contribution in [3.63, 3.8) is 0 Å². The van der Waals surface area contributed by atoms with E-state index in [2.05, 4.69) is 31.0 Å². The van der Waals surface area contributed by atoms with E-state index in [1.807, 2.05) is 0 Å². The summed E-state index contributed by atoms with van der Waals surface area (Å²) in [5, 5.41) is 0. The highest BCUT2D eigenvalue weighted by Crippen LogP contribution is 2.23. The Morgan fingerprint density at radius 2 is 2.25 bits per heavy atom. The highest BCUT2D eigenvalue weighted by molar-refractivity contribution is 5.42. The maximum atomic E-state index is 5.64. The molecule has 16 heavy (non-hydrogen) atoms. The number of hydrogen-bond acceptors (Lipinski definition) is 3. The van der Waals surface area contributed by atoms with Crippen LogP contribution in [0.15, 0.2) is 12.1 Å². The average Bonchev–Trinajstić information content (AvgIpc) is 2.75. The highest BCUT2D eigenvalue weighted by Gasteiger charge is 2.14. The number of aryl methyl sites for hydroxylation is 2. The van der Waals surface area contributed by atoms with Gasteiger partial charge in [0.1, 0.15) is 5.82 Å². The lowest BCUT2D eigenvalue weighted by molar-refractivity contribution is 0.587. The summed E-state index contributed by atoms with van der Waals surface area (Å²) in [7, 11) is 2.09. The molecule has 0 aromatic carbocycles.